The molecule has 206 valence electrons. The number of rotatable bonds is 9. The predicted octanol–water partition coefficient (Wildman–Crippen LogP) is 3.92. The first-order valence-electron chi connectivity index (χ1n) is 12.9. The number of methoxy groups -OCH3 is 1. The quantitative estimate of drug-likeness (QED) is 0.305. The Kier molecular flexibility index (Phi) is 8.65. The highest BCUT2D eigenvalue weighted by Crippen LogP contribution is 2.32. The lowest BCUT2D eigenvalue weighted by molar-refractivity contribution is -0.137. The highest BCUT2D eigenvalue weighted by molar-refractivity contribution is 6.39. The Labute approximate surface area is 227 Å². The second kappa shape index (κ2) is 12.1. The van der Waals surface area contributed by atoms with E-state index in [0.29, 0.717) is 34.9 Å². The molecule has 3 amide bonds. The highest BCUT2D eigenvalue weighted by Gasteiger charge is 2.29. The molecule has 0 radical (unpaired) electrons. The zero-order chi connectivity index (χ0) is 28.0. The van der Waals surface area contributed by atoms with E-state index in [0.717, 1.165) is 31.2 Å². The third-order valence-electron chi connectivity index (χ3n) is 6.80. The van der Waals surface area contributed by atoms with Crippen molar-refractivity contribution in [2.24, 2.45) is 5.92 Å². The van der Waals surface area contributed by atoms with Crippen LogP contribution in [0.3, 0.4) is 0 Å². The van der Waals surface area contributed by atoms with E-state index in [4.69, 9.17) is 9.15 Å². The third-order valence-corrected chi connectivity index (χ3v) is 6.80. The van der Waals surface area contributed by atoms with Crippen LogP contribution in [0.5, 0.6) is 5.75 Å². The van der Waals surface area contributed by atoms with Gasteiger partial charge in [0.1, 0.15) is 11.9 Å². The number of hydrogen-bond acceptors (Lipinski definition) is 7. The molecule has 1 aromatic heterocycles. The fourth-order valence-electron chi connectivity index (χ4n) is 4.84. The molecule has 3 aromatic rings. The summed E-state index contributed by atoms with van der Waals surface area (Å²) in [6.07, 6.45) is 6.15. The minimum absolute atomic E-state index is 0.0200. The Hall–Kier alpha value is -4.18. The number of nitrogens with zero attached hydrogens (tertiary/aromatic N) is 1. The fourth-order valence-corrected chi connectivity index (χ4v) is 4.84. The van der Waals surface area contributed by atoms with Crippen LogP contribution in [0, 0.1) is 5.92 Å². The number of anilines is 2. The third kappa shape index (κ3) is 7.23. The van der Waals surface area contributed by atoms with Crippen molar-refractivity contribution in [3.8, 4) is 17.1 Å². The number of nitrogens with one attached hydrogen (secondary N) is 3. The minimum Gasteiger partial charge on any atom is -0.496 e. The van der Waals surface area contributed by atoms with Crippen LogP contribution in [0.4, 0.5) is 11.4 Å². The van der Waals surface area contributed by atoms with Gasteiger partial charge in [0, 0.05) is 23.0 Å². The smallest absolute Gasteiger partial charge is 0.313 e. The molecule has 10 nitrogen and oxygen atoms in total. The molecule has 1 aliphatic rings. The Bertz CT molecular complexity index is 1300. The second-order valence-corrected chi connectivity index (χ2v) is 10.4. The summed E-state index contributed by atoms with van der Waals surface area (Å²) in [6.45, 7) is 3.64. The van der Waals surface area contributed by atoms with Gasteiger partial charge >= 0.3 is 11.8 Å². The maximum Gasteiger partial charge on any atom is 0.313 e. The Balaban J connectivity index is 1.30. The SMILES string of the molecule is COc1cc(NC(=O)C(=O)NC(C)(C)Cc2ccc(NC(=O)C(O)C3CCCC3)cc2)ccc1-c1cnco1. The van der Waals surface area contributed by atoms with E-state index in [9.17, 15) is 19.5 Å². The lowest BCUT2D eigenvalue weighted by Gasteiger charge is -2.26. The van der Waals surface area contributed by atoms with Crippen LogP contribution in [0.1, 0.15) is 45.1 Å². The zero-order valence-electron chi connectivity index (χ0n) is 22.3. The summed E-state index contributed by atoms with van der Waals surface area (Å²) < 4.78 is 10.7. The number of aliphatic hydroxyl groups excluding tert-OH is 1. The standard InChI is InChI=1S/C29H34N4O6/c1-29(2,15-18-8-10-20(11-9-18)31-26(35)25(34)19-6-4-5-7-19)33-28(37)27(36)32-21-12-13-22(23(14-21)38-3)24-16-30-17-39-24/h8-14,16-17,19,25,34H,4-7,15H2,1-3H3,(H,31,35)(H,32,36)(H,33,37). The topological polar surface area (TPSA) is 143 Å². The van der Waals surface area contributed by atoms with Crippen molar-refractivity contribution >= 4 is 29.1 Å². The van der Waals surface area contributed by atoms with E-state index in [1.54, 1.807) is 36.5 Å². The molecule has 39 heavy (non-hydrogen) atoms. The van der Waals surface area contributed by atoms with E-state index in [1.807, 2.05) is 26.0 Å². The van der Waals surface area contributed by atoms with Crippen molar-refractivity contribution in [1.82, 2.24) is 10.3 Å². The van der Waals surface area contributed by atoms with Crippen molar-refractivity contribution in [1.29, 1.82) is 0 Å². The number of oxazole rings is 1. The summed E-state index contributed by atoms with van der Waals surface area (Å²) in [7, 11) is 1.50. The number of aliphatic hydroxyl groups is 1. The molecule has 2 aromatic carbocycles. The van der Waals surface area contributed by atoms with Crippen LogP contribution in [-0.2, 0) is 20.8 Å². The van der Waals surface area contributed by atoms with Crippen LogP contribution < -0.4 is 20.7 Å². The first kappa shape index (κ1) is 27.8. The molecule has 0 aliphatic heterocycles. The molecule has 1 atom stereocenters. The van der Waals surface area contributed by atoms with Gasteiger partial charge in [-0.1, -0.05) is 25.0 Å². The molecular weight excluding hydrogens is 500 g/mol. The van der Waals surface area contributed by atoms with Gasteiger partial charge in [0.2, 0.25) is 0 Å². The number of hydrogen-bond donors (Lipinski definition) is 4. The van der Waals surface area contributed by atoms with Gasteiger partial charge in [0.15, 0.2) is 12.2 Å². The number of carbonyl (C=O) groups is 3. The molecule has 10 heteroatoms. The summed E-state index contributed by atoms with van der Waals surface area (Å²) >= 11 is 0. The number of amides is 3. The van der Waals surface area contributed by atoms with Crippen LogP contribution in [-0.4, -0.2) is 46.6 Å². The highest BCUT2D eigenvalue weighted by atomic mass is 16.5. The first-order chi connectivity index (χ1) is 18.6. The minimum atomic E-state index is -1.00. The zero-order valence-corrected chi connectivity index (χ0v) is 22.3. The maximum absolute atomic E-state index is 12.7. The predicted molar refractivity (Wildman–Crippen MR) is 146 cm³/mol. The van der Waals surface area contributed by atoms with E-state index >= 15 is 0 Å². The van der Waals surface area contributed by atoms with Crippen molar-refractivity contribution in [3.63, 3.8) is 0 Å². The number of ether oxygens (including phenoxy) is 1. The van der Waals surface area contributed by atoms with E-state index in [-0.39, 0.29) is 5.92 Å². The molecule has 4 N–H and O–H groups in total. The van der Waals surface area contributed by atoms with E-state index in [2.05, 4.69) is 20.9 Å². The van der Waals surface area contributed by atoms with Gasteiger partial charge in [0.25, 0.3) is 5.91 Å². The average Bonchev–Trinajstić information content (AvgIpc) is 3.64. The number of benzene rings is 2. The molecular formula is C29H34N4O6. The lowest BCUT2D eigenvalue weighted by atomic mass is 9.94. The number of aromatic nitrogens is 1. The maximum atomic E-state index is 12.7. The summed E-state index contributed by atoms with van der Waals surface area (Å²) in [6, 6.07) is 12.1. The number of carbonyl (C=O) groups excluding carboxylic acids is 3. The summed E-state index contributed by atoms with van der Waals surface area (Å²) in [4.78, 5) is 41.5. The van der Waals surface area contributed by atoms with Gasteiger partial charge in [-0.15, -0.1) is 0 Å². The van der Waals surface area contributed by atoms with Crippen LogP contribution >= 0.6 is 0 Å². The Morgan fingerprint density at radius 2 is 1.74 bits per heavy atom. The molecule has 1 heterocycles. The van der Waals surface area contributed by atoms with Crippen molar-refractivity contribution in [2.45, 2.75) is 57.6 Å². The molecule has 1 fully saturated rings. The molecule has 1 unspecified atom stereocenters. The summed E-state index contributed by atoms with van der Waals surface area (Å²) in [5.74, 6) is -0.983. The van der Waals surface area contributed by atoms with Gasteiger partial charge in [-0.3, -0.25) is 14.4 Å². The lowest BCUT2D eigenvalue weighted by Crippen LogP contribution is -2.49. The monoisotopic (exact) mass is 534 g/mol. The average molecular weight is 535 g/mol. The molecule has 1 aliphatic carbocycles. The van der Waals surface area contributed by atoms with E-state index in [1.165, 1.54) is 13.5 Å². The van der Waals surface area contributed by atoms with Crippen molar-refractivity contribution in [3.05, 3.63) is 60.6 Å². The van der Waals surface area contributed by atoms with Gasteiger partial charge < -0.3 is 30.2 Å². The Morgan fingerprint density at radius 1 is 1.05 bits per heavy atom. The van der Waals surface area contributed by atoms with Crippen molar-refractivity contribution < 1.29 is 28.6 Å². The fraction of sp³-hybridized carbons (Fsp3) is 0.379. The molecule has 0 bridgehead atoms. The van der Waals surface area contributed by atoms with Gasteiger partial charge in [-0.25, -0.2) is 4.98 Å². The second-order valence-electron chi connectivity index (χ2n) is 10.4. The van der Waals surface area contributed by atoms with Gasteiger partial charge in [-0.05, 0) is 68.9 Å². The first-order valence-corrected chi connectivity index (χ1v) is 12.9. The normalized spacial score (nSPS) is 14.5. The molecule has 4 rings (SSSR count). The Morgan fingerprint density at radius 3 is 2.38 bits per heavy atom. The molecule has 0 spiro atoms. The van der Waals surface area contributed by atoms with Crippen LogP contribution in [0.2, 0.25) is 0 Å². The van der Waals surface area contributed by atoms with Gasteiger partial charge in [-0.2, -0.15) is 0 Å². The van der Waals surface area contributed by atoms with Crippen LogP contribution in [0.15, 0.2) is 59.5 Å². The summed E-state index contributed by atoms with van der Waals surface area (Å²) in [5.41, 5.74) is 1.82. The molecule has 1 saturated carbocycles. The van der Waals surface area contributed by atoms with Gasteiger partial charge in [0.05, 0.1) is 18.9 Å². The molecule has 0 saturated heterocycles. The summed E-state index contributed by atoms with van der Waals surface area (Å²) in [5, 5.41) is 18.4. The van der Waals surface area contributed by atoms with Crippen LogP contribution in [0.25, 0.3) is 11.3 Å². The largest absolute Gasteiger partial charge is 0.496 e. The van der Waals surface area contributed by atoms with E-state index < -0.39 is 29.4 Å². The van der Waals surface area contributed by atoms with Crippen molar-refractivity contribution in [2.75, 3.05) is 17.7 Å².